The molecule has 1 aromatic heterocycles. The summed E-state index contributed by atoms with van der Waals surface area (Å²) in [5, 5.41) is 9.40. The Morgan fingerprint density at radius 3 is 2.38 bits per heavy atom. The van der Waals surface area contributed by atoms with Gasteiger partial charge in [0.25, 0.3) is 0 Å². The van der Waals surface area contributed by atoms with E-state index in [0.29, 0.717) is 11.3 Å². The van der Waals surface area contributed by atoms with Crippen molar-refractivity contribution in [2.45, 2.75) is 6.18 Å². The second-order valence-corrected chi connectivity index (χ2v) is 6.34. The third-order valence-corrected chi connectivity index (χ3v) is 4.50. The van der Waals surface area contributed by atoms with Crippen molar-refractivity contribution in [1.82, 2.24) is 4.98 Å². The van der Waals surface area contributed by atoms with Crippen LogP contribution in [0.5, 0.6) is 0 Å². The molecule has 26 heavy (non-hydrogen) atoms. The van der Waals surface area contributed by atoms with Gasteiger partial charge in [-0.1, -0.05) is 46.3 Å². The van der Waals surface area contributed by atoms with Gasteiger partial charge in [-0.05, 0) is 29.8 Å². The van der Waals surface area contributed by atoms with Crippen LogP contribution in [0.1, 0.15) is 11.1 Å². The van der Waals surface area contributed by atoms with Crippen molar-refractivity contribution in [3.63, 3.8) is 0 Å². The highest BCUT2D eigenvalue weighted by Crippen LogP contribution is 2.36. The van der Waals surface area contributed by atoms with Gasteiger partial charge in [-0.3, -0.25) is 0 Å². The lowest BCUT2D eigenvalue weighted by Gasteiger charge is -2.13. The molecule has 0 saturated heterocycles. The number of alkyl halides is 3. The Balaban J connectivity index is 2.25. The highest BCUT2D eigenvalue weighted by atomic mass is 79.9. The summed E-state index contributed by atoms with van der Waals surface area (Å²) in [7, 11) is 0. The minimum atomic E-state index is -4.48. The Bertz CT molecular complexity index is 1020. The number of aromatic nitrogens is 1. The lowest BCUT2D eigenvalue weighted by Crippen LogP contribution is -2.05. The summed E-state index contributed by atoms with van der Waals surface area (Å²) >= 11 is 3.42. The first kappa shape index (κ1) is 18.0. The van der Waals surface area contributed by atoms with E-state index in [4.69, 9.17) is 5.73 Å². The monoisotopic (exact) mass is 417 g/mol. The van der Waals surface area contributed by atoms with Gasteiger partial charge in [0.05, 0.1) is 11.3 Å². The van der Waals surface area contributed by atoms with E-state index in [9.17, 15) is 18.4 Å². The highest BCUT2D eigenvalue weighted by Gasteiger charge is 2.30. The maximum Gasteiger partial charge on any atom is 0.416 e. The second-order valence-electron chi connectivity index (χ2n) is 5.49. The van der Waals surface area contributed by atoms with Crippen LogP contribution in [0, 0.1) is 11.3 Å². The summed E-state index contributed by atoms with van der Waals surface area (Å²) in [4.78, 5) is 4.24. The first-order valence-electron chi connectivity index (χ1n) is 7.44. The first-order valence-corrected chi connectivity index (χ1v) is 8.23. The van der Waals surface area contributed by atoms with Crippen molar-refractivity contribution in [3.05, 3.63) is 70.2 Å². The van der Waals surface area contributed by atoms with Crippen LogP contribution in [0.25, 0.3) is 22.4 Å². The van der Waals surface area contributed by atoms with E-state index in [1.54, 1.807) is 18.2 Å². The molecule has 7 heteroatoms. The number of nitriles is 1. The lowest BCUT2D eigenvalue weighted by molar-refractivity contribution is -0.137. The highest BCUT2D eigenvalue weighted by molar-refractivity contribution is 9.10. The van der Waals surface area contributed by atoms with Crippen LogP contribution in [0.15, 0.2) is 59.1 Å². The molecule has 0 bridgehead atoms. The Morgan fingerprint density at radius 1 is 1.00 bits per heavy atom. The van der Waals surface area contributed by atoms with Crippen LogP contribution in [0.2, 0.25) is 0 Å². The van der Waals surface area contributed by atoms with Crippen molar-refractivity contribution >= 4 is 21.7 Å². The van der Waals surface area contributed by atoms with Crippen molar-refractivity contribution in [2.24, 2.45) is 0 Å². The van der Waals surface area contributed by atoms with E-state index in [1.807, 2.05) is 18.2 Å². The van der Waals surface area contributed by atoms with E-state index in [-0.39, 0.29) is 16.9 Å². The largest absolute Gasteiger partial charge is 0.416 e. The normalized spacial score (nSPS) is 11.2. The molecule has 3 rings (SSSR count). The standard InChI is InChI=1S/C19H11BrF3N3/c20-16-7-2-1-6-13(16)17-9-14(15(10-24)18(25)26-17)11-4-3-5-12(8-11)19(21,22)23/h1-9H,(H2,25,26). The molecule has 0 radical (unpaired) electrons. The molecule has 3 nitrogen and oxygen atoms in total. The number of benzene rings is 2. The maximum absolute atomic E-state index is 13.0. The number of halogens is 4. The van der Waals surface area contributed by atoms with Gasteiger partial charge in [-0.25, -0.2) is 4.98 Å². The molecule has 2 N–H and O–H groups in total. The van der Waals surface area contributed by atoms with E-state index in [1.165, 1.54) is 12.1 Å². The number of pyridine rings is 1. The molecule has 0 saturated carbocycles. The van der Waals surface area contributed by atoms with Gasteiger partial charge in [0, 0.05) is 15.6 Å². The van der Waals surface area contributed by atoms with Crippen LogP contribution in [-0.2, 0) is 6.18 Å². The molecule has 0 amide bonds. The molecule has 2 aromatic carbocycles. The zero-order valence-electron chi connectivity index (χ0n) is 13.2. The summed E-state index contributed by atoms with van der Waals surface area (Å²) in [5.74, 6) is -0.0341. The molecule has 0 aliphatic carbocycles. The predicted molar refractivity (Wildman–Crippen MR) is 96.9 cm³/mol. The van der Waals surface area contributed by atoms with E-state index in [0.717, 1.165) is 22.2 Å². The lowest BCUT2D eigenvalue weighted by atomic mass is 9.97. The third-order valence-electron chi connectivity index (χ3n) is 3.81. The number of nitrogens with zero attached hydrogens (tertiary/aromatic N) is 2. The van der Waals surface area contributed by atoms with E-state index < -0.39 is 11.7 Å². The number of nitrogens with two attached hydrogens (primary N) is 1. The van der Waals surface area contributed by atoms with Crippen LogP contribution < -0.4 is 5.73 Å². The van der Waals surface area contributed by atoms with Crippen molar-refractivity contribution in [1.29, 1.82) is 5.26 Å². The van der Waals surface area contributed by atoms with Crippen LogP contribution in [0.4, 0.5) is 19.0 Å². The topological polar surface area (TPSA) is 62.7 Å². The molecule has 1 heterocycles. The van der Waals surface area contributed by atoms with Crippen molar-refractivity contribution < 1.29 is 13.2 Å². The predicted octanol–water partition coefficient (Wildman–Crippen LogP) is 5.65. The minimum Gasteiger partial charge on any atom is -0.383 e. The molecular formula is C19H11BrF3N3. The Labute approximate surface area is 156 Å². The fraction of sp³-hybridized carbons (Fsp3) is 0.0526. The summed E-state index contributed by atoms with van der Waals surface area (Å²) < 4.78 is 39.9. The van der Waals surface area contributed by atoms with Crippen LogP contribution >= 0.6 is 15.9 Å². The zero-order valence-corrected chi connectivity index (χ0v) is 14.8. The smallest absolute Gasteiger partial charge is 0.383 e. The van der Waals surface area contributed by atoms with Crippen molar-refractivity contribution in [2.75, 3.05) is 5.73 Å². The molecule has 0 aliphatic rings. The molecule has 0 unspecified atom stereocenters. The maximum atomic E-state index is 13.0. The molecule has 3 aromatic rings. The fourth-order valence-electron chi connectivity index (χ4n) is 2.58. The number of hydrogen-bond acceptors (Lipinski definition) is 3. The third kappa shape index (κ3) is 3.41. The average Bonchev–Trinajstić information content (AvgIpc) is 2.61. The first-order chi connectivity index (χ1) is 12.3. The molecule has 0 fully saturated rings. The second kappa shape index (κ2) is 6.81. The molecule has 0 spiro atoms. The van der Waals surface area contributed by atoms with Gasteiger partial charge in [0.2, 0.25) is 0 Å². The molecule has 130 valence electrons. The number of rotatable bonds is 2. The Hall–Kier alpha value is -2.85. The van der Waals surface area contributed by atoms with Gasteiger partial charge >= 0.3 is 6.18 Å². The zero-order chi connectivity index (χ0) is 18.9. The van der Waals surface area contributed by atoms with Gasteiger partial charge in [-0.15, -0.1) is 0 Å². The molecule has 0 atom stereocenters. The quantitative estimate of drug-likeness (QED) is 0.585. The number of anilines is 1. The Morgan fingerprint density at radius 2 is 1.73 bits per heavy atom. The van der Waals surface area contributed by atoms with Gasteiger partial charge in [-0.2, -0.15) is 18.4 Å². The number of hydrogen-bond donors (Lipinski definition) is 1. The summed E-state index contributed by atoms with van der Waals surface area (Å²) in [5.41, 5.74) is 6.89. The SMILES string of the molecule is N#Cc1c(-c2cccc(C(F)(F)F)c2)cc(-c2ccccc2Br)nc1N. The van der Waals surface area contributed by atoms with Gasteiger partial charge < -0.3 is 5.73 Å². The summed E-state index contributed by atoms with van der Waals surface area (Å²) in [6, 6.07) is 15.5. The number of nitrogen functional groups attached to an aromatic ring is 1. The fourth-order valence-corrected chi connectivity index (χ4v) is 3.07. The summed E-state index contributed by atoms with van der Waals surface area (Å²) in [6.45, 7) is 0. The van der Waals surface area contributed by atoms with Crippen LogP contribution in [0.3, 0.4) is 0 Å². The van der Waals surface area contributed by atoms with E-state index >= 15 is 0 Å². The van der Waals surface area contributed by atoms with Gasteiger partial charge in [0.1, 0.15) is 17.5 Å². The molecular weight excluding hydrogens is 407 g/mol. The average molecular weight is 418 g/mol. The summed E-state index contributed by atoms with van der Waals surface area (Å²) in [6.07, 6.45) is -4.48. The van der Waals surface area contributed by atoms with Crippen molar-refractivity contribution in [3.8, 4) is 28.5 Å². The molecule has 0 aliphatic heterocycles. The minimum absolute atomic E-state index is 0.0341. The van der Waals surface area contributed by atoms with Gasteiger partial charge in [0.15, 0.2) is 0 Å². The van der Waals surface area contributed by atoms with E-state index in [2.05, 4.69) is 20.9 Å². The van der Waals surface area contributed by atoms with Crippen LogP contribution in [-0.4, -0.2) is 4.98 Å². The Kier molecular flexibility index (Phi) is 4.70.